The molecule has 1 aromatic rings. The van der Waals surface area contributed by atoms with Gasteiger partial charge in [0.1, 0.15) is 17.2 Å². The highest BCUT2D eigenvalue weighted by Gasteiger charge is 2.52. The zero-order chi connectivity index (χ0) is 20.6. The van der Waals surface area contributed by atoms with Gasteiger partial charge in [0.15, 0.2) is 6.10 Å². The summed E-state index contributed by atoms with van der Waals surface area (Å²) in [5.74, 6) is -0.832. The number of alkyl halides is 3. The van der Waals surface area contributed by atoms with Crippen LogP contribution in [0, 0.1) is 5.82 Å². The van der Waals surface area contributed by atoms with Crippen LogP contribution in [-0.4, -0.2) is 40.7 Å². The van der Waals surface area contributed by atoms with E-state index in [1.807, 2.05) is 0 Å². The highest BCUT2D eigenvalue weighted by Crippen LogP contribution is 2.40. The van der Waals surface area contributed by atoms with Gasteiger partial charge in [0.25, 0.3) is 0 Å². The maximum absolute atomic E-state index is 14.3. The highest BCUT2D eigenvalue weighted by atomic mass is 19.4. The monoisotopic (exact) mass is 394 g/mol. The van der Waals surface area contributed by atoms with Gasteiger partial charge in [0.2, 0.25) is 0 Å². The molecule has 0 aliphatic carbocycles. The van der Waals surface area contributed by atoms with Gasteiger partial charge in [-0.1, -0.05) is 12.1 Å². The predicted octanol–water partition coefficient (Wildman–Crippen LogP) is 3.07. The summed E-state index contributed by atoms with van der Waals surface area (Å²) >= 11 is 0. The van der Waals surface area contributed by atoms with Crippen molar-refractivity contribution in [2.45, 2.75) is 57.4 Å². The third-order valence-corrected chi connectivity index (χ3v) is 3.80. The average molecular weight is 394 g/mol. The molecule has 152 valence electrons. The van der Waals surface area contributed by atoms with Gasteiger partial charge in [-0.05, 0) is 39.3 Å². The summed E-state index contributed by atoms with van der Waals surface area (Å²) in [6, 6.07) is 2.24. The number of nitrogen functional groups attached to an aromatic ring is 1. The number of hydrazine groups is 1. The fourth-order valence-electron chi connectivity index (χ4n) is 2.71. The number of pyridine rings is 1. The molecule has 3 N–H and O–H groups in total. The van der Waals surface area contributed by atoms with Crippen LogP contribution < -0.4 is 11.2 Å². The smallest absolute Gasteiger partial charge is 0.424 e. The number of carbonyl (C=O) groups is 1. The lowest BCUT2D eigenvalue weighted by Gasteiger charge is -2.43. The number of anilines is 1. The molecule has 2 heterocycles. The van der Waals surface area contributed by atoms with Gasteiger partial charge in [-0.15, -0.1) is 0 Å². The Balaban J connectivity index is 2.32. The lowest BCUT2D eigenvalue weighted by molar-refractivity contribution is -0.338. The van der Waals surface area contributed by atoms with Gasteiger partial charge < -0.3 is 10.5 Å². The van der Waals surface area contributed by atoms with Crippen LogP contribution in [0.2, 0.25) is 0 Å². The summed E-state index contributed by atoms with van der Waals surface area (Å²) in [6.07, 6.45) is -8.63. The van der Waals surface area contributed by atoms with Crippen molar-refractivity contribution in [3.63, 3.8) is 0 Å². The van der Waals surface area contributed by atoms with Crippen LogP contribution in [0.1, 0.15) is 39.8 Å². The highest BCUT2D eigenvalue weighted by molar-refractivity contribution is 5.66. The molecule has 1 aliphatic heterocycles. The van der Waals surface area contributed by atoms with E-state index in [0.717, 1.165) is 6.07 Å². The first-order valence-electron chi connectivity index (χ1n) is 8.13. The number of nitrogens with two attached hydrogens (primary N) is 1. The fourth-order valence-corrected chi connectivity index (χ4v) is 2.71. The Morgan fingerprint density at radius 1 is 1.41 bits per heavy atom. The van der Waals surface area contributed by atoms with Gasteiger partial charge in [-0.2, -0.15) is 13.2 Å². The van der Waals surface area contributed by atoms with E-state index in [0.29, 0.717) is 5.17 Å². The minimum Gasteiger partial charge on any atom is -0.443 e. The van der Waals surface area contributed by atoms with E-state index in [1.54, 1.807) is 20.8 Å². The number of ether oxygens (including phenoxy) is 1. The number of nitrogens with one attached hydrogen (secondary N) is 1. The molecule has 0 unspecified atom stereocenters. The first-order valence-corrected chi connectivity index (χ1v) is 8.13. The molecule has 11 heteroatoms. The zero-order valence-electron chi connectivity index (χ0n) is 15.4. The van der Waals surface area contributed by atoms with Crippen molar-refractivity contribution in [3.05, 3.63) is 23.6 Å². The van der Waals surface area contributed by atoms with Crippen molar-refractivity contribution < 1.29 is 31.9 Å². The Labute approximate surface area is 153 Å². The third kappa shape index (κ3) is 5.42. The summed E-state index contributed by atoms with van der Waals surface area (Å²) in [6.45, 7) is 5.88. The molecule has 0 saturated carbocycles. The number of carbonyl (C=O) groups excluding carboxylic acids is 1. The maximum atomic E-state index is 14.3. The third-order valence-electron chi connectivity index (χ3n) is 3.80. The van der Waals surface area contributed by atoms with Crippen molar-refractivity contribution in [1.29, 1.82) is 0 Å². The van der Waals surface area contributed by atoms with E-state index >= 15 is 0 Å². The van der Waals surface area contributed by atoms with Crippen LogP contribution >= 0.6 is 0 Å². The van der Waals surface area contributed by atoms with E-state index < -0.39 is 41.6 Å². The Morgan fingerprint density at radius 3 is 2.59 bits per heavy atom. The van der Waals surface area contributed by atoms with Crippen LogP contribution in [-0.2, 0) is 15.0 Å². The molecule has 27 heavy (non-hydrogen) atoms. The standard InChI is InChI=1S/C16H22F4N4O3/c1-14(2,3)26-13(25)23-24-8-15(4,7-10(27-24)16(18,19)20)12-9(17)5-6-11(21)22-12/h5-6,10H,7-8H2,1-4H3,(H2,21,22)(H,23,25)/t10-,15-/m0/s1. The molecular formula is C16H22F4N4O3. The van der Waals surface area contributed by atoms with E-state index in [4.69, 9.17) is 15.3 Å². The van der Waals surface area contributed by atoms with Crippen LogP contribution in [0.4, 0.5) is 28.2 Å². The molecule has 2 rings (SSSR count). The summed E-state index contributed by atoms with van der Waals surface area (Å²) in [7, 11) is 0. The molecule has 1 amide bonds. The van der Waals surface area contributed by atoms with Gasteiger partial charge in [-0.25, -0.2) is 19.6 Å². The molecule has 0 radical (unpaired) electrons. The Bertz CT molecular complexity index is 708. The van der Waals surface area contributed by atoms with E-state index in [1.165, 1.54) is 13.0 Å². The summed E-state index contributed by atoms with van der Waals surface area (Å²) < 4.78 is 59.3. The molecule has 0 bridgehead atoms. The number of hydrogen-bond acceptors (Lipinski definition) is 6. The largest absolute Gasteiger partial charge is 0.443 e. The SMILES string of the molecule is CC(C)(C)OC(=O)NN1C[C@@](C)(c2nc(N)ccc2F)C[C@@H](C(F)(F)F)O1. The van der Waals surface area contributed by atoms with Gasteiger partial charge in [0.05, 0.1) is 12.2 Å². The van der Waals surface area contributed by atoms with Crippen LogP contribution in [0.3, 0.4) is 0 Å². The number of hydrogen-bond donors (Lipinski definition) is 2. The topological polar surface area (TPSA) is 89.7 Å². The Kier molecular flexibility index (Phi) is 5.58. The first kappa shape index (κ1) is 21.2. The van der Waals surface area contributed by atoms with Crippen molar-refractivity contribution in [3.8, 4) is 0 Å². The number of rotatable bonds is 2. The second-order valence-corrected chi connectivity index (χ2v) is 7.62. The van der Waals surface area contributed by atoms with Gasteiger partial charge in [0, 0.05) is 5.41 Å². The lowest BCUT2D eigenvalue weighted by atomic mass is 9.79. The van der Waals surface area contributed by atoms with Gasteiger partial charge >= 0.3 is 12.3 Å². The number of amides is 1. The molecule has 1 fully saturated rings. The van der Waals surface area contributed by atoms with E-state index in [9.17, 15) is 22.4 Å². The van der Waals surface area contributed by atoms with Crippen molar-refractivity contribution in [2.24, 2.45) is 0 Å². The second kappa shape index (κ2) is 7.12. The second-order valence-electron chi connectivity index (χ2n) is 7.62. The summed E-state index contributed by atoms with van der Waals surface area (Å²) in [5, 5.41) is 0.597. The Morgan fingerprint density at radius 2 is 2.04 bits per heavy atom. The molecular weight excluding hydrogens is 372 g/mol. The molecule has 1 aromatic heterocycles. The molecule has 0 spiro atoms. The Hall–Kier alpha value is -2.14. The predicted molar refractivity (Wildman–Crippen MR) is 87.6 cm³/mol. The van der Waals surface area contributed by atoms with Crippen molar-refractivity contribution >= 4 is 11.9 Å². The number of aromatic nitrogens is 1. The fraction of sp³-hybridized carbons (Fsp3) is 0.625. The first-order chi connectivity index (χ1) is 12.2. The van der Waals surface area contributed by atoms with E-state index in [-0.39, 0.29) is 18.1 Å². The molecule has 1 saturated heterocycles. The summed E-state index contributed by atoms with van der Waals surface area (Å²) in [4.78, 5) is 20.6. The van der Waals surface area contributed by atoms with Crippen molar-refractivity contribution in [1.82, 2.24) is 15.6 Å². The molecule has 0 aromatic carbocycles. The van der Waals surface area contributed by atoms with Crippen molar-refractivity contribution in [2.75, 3.05) is 12.3 Å². The average Bonchev–Trinajstić information content (AvgIpc) is 2.46. The molecule has 2 atom stereocenters. The van der Waals surface area contributed by atoms with Gasteiger partial charge in [-0.3, -0.25) is 4.84 Å². The normalized spacial score (nSPS) is 24.5. The maximum Gasteiger partial charge on any atom is 0.424 e. The minimum atomic E-state index is -4.74. The summed E-state index contributed by atoms with van der Waals surface area (Å²) in [5.41, 5.74) is 5.12. The number of nitrogens with zero attached hydrogens (tertiary/aromatic N) is 2. The number of hydroxylamine groups is 1. The molecule has 7 nitrogen and oxygen atoms in total. The lowest BCUT2D eigenvalue weighted by Crippen LogP contribution is -2.59. The zero-order valence-corrected chi connectivity index (χ0v) is 15.4. The van der Waals surface area contributed by atoms with Crippen LogP contribution in [0.5, 0.6) is 0 Å². The van der Waals surface area contributed by atoms with E-state index in [2.05, 4.69) is 10.4 Å². The number of halogens is 4. The van der Waals surface area contributed by atoms with Crippen LogP contribution in [0.25, 0.3) is 0 Å². The van der Waals surface area contributed by atoms with Crippen LogP contribution in [0.15, 0.2) is 12.1 Å². The minimum absolute atomic E-state index is 0.0330. The quantitative estimate of drug-likeness (QED) is 0.750. The molecule has 1 aliphatic rings.